The van der Waals surface area contributed by atoms with Crippen molar-refractivity contribution in [2.75, 3.05) is 0 Å². The SMILES string of the molecule is CCCCCCCCC=CCCCCCCCC[n+]1ccc(CCC)cc1. The maximum Gasteiger partial charge on any atom is 0.169 e. The quantitative estimate of drug-likeness (QED) is 0.140. The number of hydrogen-bond acceptors (Lipinski definition) is 0. The van der Waals surface area contributed by atoms with E-state index >= 15 is 0 Å². The molecule has 0 aliphatic heterocycles. The first-order chi connectivity index (χ1) is 13.4. The second kappa shape index (κ2) is 18.3. The van der Waals surface area contributed by atoms with Crippen LogP contribution in [-0.2, 0) is 13.0 Å². The van der Waals surface area contributed by atoms with Crippen molar-refractivity contribution in [3.8, 4) is 0 Å². The van der Waals surface area contributed by atoms with Gasteiger partial charge in [0.1, 0.15) is 6.54 Å². The van der Waals surface area contributed by atoms with Gasteiger partial charge in [-0.1, -0.05) is 83.8 Å². The zero-order chi connectivity index (χ0) is 19.4. The highest BCUT2D eigenvalue weighted by Crippen LogP contribution is 2.10. The molecule has 0 atom stereocenters. The van der Waals surface area contributed by atoms with Crippen molar-refractivity contribution >= 4 is 0 Å². The Morgan fingerprint density at radius 3 is 1.70 bits per heavy atom. The van der Waals surface area contributed by atoms with E-state index in [4.69, 9.17) is 0 Å². The van der Waals surface area contributed by atoms with Gasteiger partial charge in [-0.15, -0.1) is 0 Å². The molecule has 0 bridgehead atoms. The van der Waals surface area contributed by atoms with Crippen LogP contribution in [0.5, 0.6) is 0 Å². The fourth-order valence-corrected chi connectivity index (χ4v) is 3.63. The number of nitrogens with zero attached hydrogens (tertiary/aromatic N) is 1. The largest absolute Gasteiger partial charge is 0.205 e. The fourth-order valence-electron chi connectivity index (χ4n) is 3.63. The zero-order valence-corrected chi connectivity index (χ0v) is 18.4. The molecule has 0 spiro atoms. The van der Waals surface area contributed by atoms with Gasteiger partial charge < -0.3 is 0 Å². The molecule has 1 nitrogen and oxygen atoms in total. The molecule has 27 heavy (non-hydrogen) atoms. The summed E-state index contributed by atoms with van der Waals surface area (Å²) in [6.07, 6.45) is 31.1. The summed E-state index contributed by atoms with van der Waals surface area (Å²) in [5, 5.41) is 0. The molecular formula is C26H46N+. The van der Waals surface area contributed by atoms with Crippen molar-refractivity contribution in [3.63, 3.8) is 0 Å². The van der Waals surface area contributed by atoms with Crippen LogP contribution in [0.2, 0.25) is 0 Å². The first-order valence-electron chi connectivity index (χ1n) is 12.0. The highest BCUT2D eigenvalue weighted by Gasteiger charge is 2.00. The molecule has 1 rings (SSSR count). The lowest BCUT2D eigenvalue weighted by atomic mass is 10.1. The minimum atomic E-state index is 1.17. The Morgan fingerprint density at radius 1 is 0.630 bits per heavy atom. The molecule has 1 aromatic heterocycles. The highest BCUT2D eigenvalue weighted by molar-refractivity contribution is 5.06. The van der Waals surface area contributed by atoms with Gasteiger partial charge in [-0.3, -0.25) is 0 Å². The Morgan fingerprint density at radius 2 is 1.15 bits per heavy atom. The molecular weight excluding hydrogens is 326 g/mol. The number of pyridine rings is 1. The number of aromatic nitrogens is 1. The predicted molar refractivity (Wildman–Crippen MR) is 120 cm³/mol. The summed E-state index contributed by atoms with van der Waals surface area (Å²) in [4.78, 5) is 0. The lowest BCUT2D eigenvalue weighted by Gasteiger charge is -2.01. The van der Waals surface area contributed by atoms with E-state index in [1.165, 1.54) is 115 Å². The van der Waals surface area contributed by atoms with Gasteiger partial charge in [0, 0.05) is 18.6 Å². The summed E-state index contributed by atoms with van der Waals surface area (Å²) in [5.74, 6) is 0. The van der Waals surface area contributed by atoms with E-state index < -0.39 is 0 Å². The highest BCUT2D eigenvalue weighted by atomic mass is 14.9. The van der Waals surface area contributed by atoms with Crippen molar-refractivity contribution in [1.29, 1.82) is 0 Å². The van der Waals surface area contributed by atoms with Gasteiger partial charge in [-0.05, 0) is 44.1 Å². The standard InChI is InChI=1S/C26H46N/c1-3-5-6-7-8-9-10-11-12-13-14-15-16-17-18-19-23-27-24-21-26(20-4-2)22-25-27/h11-12,21-22,24-25H,3-10,13-20,23H2,1-2H3/q+1. The molecule has 1 heteroatoms. The number of hydrogen-bond donors (Lipinski definition) is 0. The van der Waals surface area contributed by atoms with Crippen molar-refractivity contribution in [1.82, 2.24) is 0 Å². The minimum absolute atomic E-state index is 1.17. The summed E-state index contributed by atoms with van der Waals surface area (Å²) in [6, 6.07) is 4.56. The second-order valence-corrected chi connectivity index (χ2v) is 8.13. The normalized spacial score (nSPS) is 11.5. The van der Waals surface area contributed by atoms with Crippen LogP contribution in [0.15, 0.2) is 36.7 Å². The smallest absolute Gasteiger partial charge is 0.169 e. The number of unbranched alkanes of at least 4 members (excludes halogenated alkanes) is 12. The Labute approximate surface area is 170 Å². The number of allylic oxidation sites excluding steroid dienone is 2. The molecule has 0 fully saturated rings. The van der Waals surface area contributed by atoms with Crippen molar-refractivity contribution in [2.45, 2.75) is 123 Å². The third kappa shape index (κ3) is 14.6. The maximum absolute atomic E-state index is 2.42. The molecule has 0 amide bonds. The van der Waals surface area contributed by atoms with E-state index in [2.05, 4.69) is 55.1 Å². The molecule has 0 aromatic carbocycles. The Balaban J connectivity index is 1.84. The number of aryl methyl sites for hydroxylation is 2. The van der Waals surface area contributed by atoms with Crippen molar-refractivity contribution in [2.24, 2.45) is 0 Å². The fraction of sp³-hybridized carbons (Fsp3) is 0.731. The first-order valence-corrected chi connectivity index (χ1v) is 12.0. The summed E-state index contributed by atoms with van der Waals surface area (Å²) in [7, 11) is 0. The molecule has 0 unspecified atom stereocenters. The summed E-state index contributed by atoms with van der Waals surface area (Å²) < 4.78 is 2.34. The van der Waals surface area contributed by atoms with Crippen LogP contribution in [0, 0.1) is 0 Å². The van der Waals surface area contributed by atoms with E-state index in [1.807, 2.05) is 0 Å². The third-order valence-corrected chi connectivity index (χ3v) is 5.43. The van der Waals surface area contributed by atoms with Gasteiger partial charge in [0.15, 0.2) is 12.4 Å². The van der Waals surface area contributed by atoms with Crippen LogP contribution in [-0.4, -0.2) is 0 Å². The molecule has 0 saturated heterocycles. The van der Waals surface area contributed by atoms with Crippen molar-refractivity contribution < 1.29 is 4.57 Å². The van der Waals surface area contributed by atoms with Crippen LogP contribution in [0.1, 0.15) is 116 Å². The average molecular weight is 373 g/mol. The van der Waals surface area contributed by atoms with E-state index in [-0.39, 0.29) is 0 Å². The predicted octanol–water partition coefficient (Wildman–Crippen LogP) is 7.96. The monoisotopic (exact) mass is 372 g/mol. The number of rotatable bonds is 18. The molecule has 0 aliphatic carbocycles. The van der Waals surface area contributed by atoms with Gasteiger partial charge in [0.05, 0.1) is 0 Å². The summed E-state index contributed by atoms with van der Waals surface area (Å²) >= 11 is 0. The van der Waals surface area contributed by atoms with Gasteiger partial charge in [-0.2, -0.15) is 0 Å². The van der Waals surface area contributed by atoms with E-state index in [0.29, 0.717) is 0 Å². The van der Waals surface area contributed by atoms with Gasteiger partial charge in [-0.25, -0.2) is 4.57 Å². The lowest BCUT2D eigenvalue weighted by molar-refractivity contribution is -0.697. The van der Waals surface area contributed by atoms with Crippen LogP contribution in [0.25, 0.3) is 0 Å². The van der Waals surface area contributed by atoms with Crippen LogP contribution >= 0.6 is 0 Å². The van der Waals surface area contributed by atoms with Crippen LogP contribution < -0.4 is 4.57 Å². The Bertz CT molecular complexity index is 446. The molecule has 0 saturated carbocycles. The molecule has 0 N–H and O–H groups in total. The van der Waals surface area contributed by atoms with Gasteiger partial charge >= 0.3 is 0 Å². The first kappa shape index (κ1) is 23.9. The van der Waals surface area contributed by atoms with Gasteiger partial charge in [0.2, 0.25) is 0 Å². The van der Waals surface area contributed by atoms with Crippen molar-refractivity contribution in [3.05, 3.63) is 42.2 Å². The Hall–Kier alpha value is -1.11. The topological polar surface area (TPSA) is 3.88 Å². The molecule has 154 valence electrons. The van der Waals surface area contributed by atoms with Crippen LogP contribution in [0.3, 0.4) is 0 Å². The minimum Gasteiger partial charge on any atom is -0.205 e. The van der Waals surface area contributed by atoms with E-state index in [1.54, 1.807) is 0 Å². The second-order valence-electron chi connectivity index (χ2n) is 8.13. The molecule has 0 radical (unpaired) electrons. The average Bonchev–Trinajstić information content (AvgIpc) is 2.69. The van der Waals surface area contributed by atoms with Crippen LogP contribution in [0.4, 0.5) is 0 Å². The molecule has 1 heterocycles. The summed E-state index contributed by atoms with van der Waals surface area (Å²) in [6.45, 7) is 5.70. The third-order valence-electron chi connectivity index (χ3n) is 5.43. The Kier molecular flexibility index (Phi) is 16.2. The van der Waals surface area contributed by atoms with E-state index in [9.17, 15) is 0 Å². The lowest BCUT2D eigenvalue weighted by Crippen LogP contribution is -2.32. The van der Waals surface area contributed by atoms with Gasteiger partial charge in [0.25, 0.3) is 0 Å². The zero-order valence-electron chi connectivity index (χ0n) is 18.4. The maximum atomic E-state index is 2.42. The van der Waals surface area contributed by atoms with E-state index in [0.717, 1.165) is 0 Å². The summed E-state index contributed by atoms with van der Waals surface area (Å²) in [5.41, 5.74) is 1.47. The molecule has 1 aromatic rings. The molecule has 0 aliphatic rings.